The number of fused-ring (bicyclic) bond motifs is 2. The van der Waals surface area contributed by atoms with Gasteiger partial charge in [0.25, 0.3) is 0 Å². The van der Waals surface area contributed by atoms with Crippen LogP contribution in [-0.4, -0.2) is 91.1 Å². The number of hydrogen-bond donors (Lipinski definition) is 1. The molecular formula is C33H38N6O5. The zero-order valence-corrected chi connectivity index (χ0v) is 25.1. The SMILES string of the molecule is C=CCN(Cn1nnc2ccccc21)C(=O)C1N(CCO)C(=O)[C@@H]2[C@H](C(=O)N(CC=C)c3ccccc3)[C@@]3(C)OC12CC3C. The number of aliphatic hydroxyl groups excluding tert-OH is 1. The molecule has 11 heteroatoms. The molecule has 3 amide bonds. The second-order valence-corrected chi connectivity index (χ2v) is 12.1. The highest BCUT2D eigenvalue weighted by Gasteiger charge is 2.80. The van der Waals surface area contributed by atoms with E-state index in [1.54, 1.807) is 26.6 Å². The molecule has 1 N–H and O–H groups in total. The number of likely N-dealkylation sites (tertiary alicyclic amines) is 1. The molecule has 1 aromatic heterocycles. The minimum Gasteiger partial charge on any atom is -0.395 e. The Morgan fingerprint density at radius 3 is 2.50 bits per heavy atom. The summed E-state index contributed by atoms with van der Waals surface area (Å²) < 4.78 is 8.50. The Kier molecular flexibility index (Phi) is 7.63. The molecule has 3 unspecified atom stereocenters. The van der Waals surface area contributed by atoms with E-state index in [1.807, 2.05) is 68.4 Å². The van der Waals surface area contributed by atoms with E-state index >= 15 is 0 Å². The summed E-state index contributed by atoms with van der Waals surface area (Å²) in [5, 5.41) is 18.5. The second-order valence-electron chi connectivity index (χ2n) is 12.1. The van der Waals surface area contributed by atoms with Crippen molar-refractivity contribution in [1.29, 1.82) is 0 Å². The maximum Gasteiger partial charge on any atom is 0.250 e. The Labute approximate surface area is 256 Å². The maximum absolute atomic E-state index is 14.7. The van der Waals surface area contributed by atoms with Crippen LogP contribution in [0.4, 0.5) is 5.69 Å². The zero-order valence-electron chi connectivity index (χ0n) is 25.1. The number of aromatic nitrogens is 3. The van der Waals surface area contributed by atoms with Gasteiger partial charge in [-0.05, 0) is 43.5 Å². The average molecular weight is 599 g/mol. The lowest BCUT2D eigenvalue weighted by Crippen LogP contribution is -2.57. The summed E-state index contributed by atoms with van der Waals surface area (Å²) in [6.45, 7) is 11.7. The lowest BCUT2D eigenvalue weighted by molar-refractivity contribution is -0.153. The van der Waals surface area contributed by atoms with Gasteiger partial charge < -0.3 is 24.5 Å². The molecule has 0 radical (unpaired) electrons. The Morgan fingerprint density at radius 2 is 1.80 bits per heavy atom. The van der Waals surface area contributed by atoms with Gasteiger partial charge in [-0.3, -0.25) is 14.4 Å². The van der Waals surface area contributed by atoms with Crippen molar-refractivity contribution >= 4 is 34.4 Å². The first-order valence-corrected chi connectivity index (χ1v) is 15.0. The quantitative estimate of drug-likeness (QED) is 0.337. The molecule has 44 heavy (non-hydrogen) atoms. The van der Waals surface area contributed by atoms with E-state index in [0.717, 1.165) is 5.52 Å². The van der Waals surface area contributed by atoms with Gasteiger partial charge in [0.1, 0.15) is 23.8 Å². The lowest BCUT2D eigenvalue weighted by Gasteiger charge is -2.39. The predicted octanol–water partition coefficient (Wildman–Crippen LogP) is 2.63. The van der Waals surface area contributed by atoms with Crippen LogP contribution in [-0.2, 0) is 25.8 Å². The molecule has 3 aromatic rings. The van der Waals surface area contributed by atoms with Gasteiger partial charge in [-0.1, -0.05) is 54.6 Å². The topological polar surface area (TPSA) is 121 Å². The van der Waals surface area contributed by atoms with Gasteiger partial charge in [0.05, 0.1) is 29.6 Å². The van der Waals surface area contributed by atoms with Gasteiger partial charge in [-0.2, -0.15) is 0 Å². The summed E-state index contributed by atoms with van der Waals surface area (Å²) in [5.74, 6) is -2.83. The van der Waals surface area contributed by atoms with Crippen LogP contribution in [0, 0.1) is 17.8 Å². The van der Waals surface area contributed by atoms with E-state index in [-0.39, 0.29) is 56.5 Å². The van der Waals surface area contributed by atoms with E-state index in [4.69, 9.17) is 4.74 Å². The van der Waals surface area contributed by atoms with Gasteiger partial charge >= 0.3 is 0 Å². The van der Waals surface area contributed by atoms with Crippen LogP contribution < -0.4 is 4.90 Å². The summed E-state index contributed by atoms with van der Waals surface area (Å²) in [5.41, 5.74) is -0.0985. The van der Waals surface area contributed by atoms with E-state index < -0.39 is 29.1 Å². The van der Waals surface area contributed by atoms with Crippen LogP contribution >= 0.6 is 0 Å². The van der Waals surface area contributed by atoms with Crippen LogP contribution in [0.25, 0.3) is 11.0 Å². The molecular weight excluding hydrogens is 560 g/mol. The van der Waals surface area contributed by atoms with Gasteiger partial charge in [0, 0.05) is 25.3 Å². The van der Waals surface area contributed by atoms with Crippen LogP contribution in [0.5, 0.6) is 0 Å². The fourth-order valence-corrected chi connectivity index (χ4v) is 7.70. The summed E-state index contributed by atoms with van der Waals surface area (Å²) in [6.07, 6.45) is 3.70. The molecule has 1 spiro atoms. The molecule has 6 rings (SSSR count). The summed E-state index contributed by atoms with van der Waals surface area (Å²) in [4.78, 5) is 48.2. The number of rotatable bonds is 11. The first kappa shape index (κ1) is 29.7. The molecule has 230 valence electrons. The molecule has 2 aromatic carbocycles. The van der Waals surface area contributed by atoms with Gasteiger partial charge in [0.2, 0.25) is 17.7 Å². The monoisotopic (exact) mass is 598 g/mol. The molecule has 3 saturated heterocycles. The largest absolute Gasteiger partial charge is 0.395 e. The molecule has 11 nitrogen and oxygen atoms in total. The number of para-hydroxylation sites is 2. The number of amides is 3. The number of aliphatic hydroxyl groups is 1. The van der Waals surface area contributed by atoms with Crippen molar-refractivity contribution in [2.24, 2.45) is 17.8 Å². The number of ether oxygens (including phenoxy) is 1. The van der Waals surface area contributed by atoms with Gasteiger partial charge in [0.15, 0.2) is 0 Å². The first-order chi connectivity index (χ1) is 21.2. The van der Waals surface area contributed by atoms with Crippen molar-refractivity contribution in [3.63, 3.8) is 0 Å². The Balaban J connectivity index is 1.41. The van der Waals surface area contributed by atoms with Crippen molar-refractivity contribution in [3.8, 4) is 0 Å². The van der Waals surface area contributed by atoms with Gasteiger partial charge in [-0.15, -0.1) is 18.3 Å². The molecule has 2 bridgehead atoms. The summed E-state index contributed by atoms with van der Waals surface area (Å²) >= 11 is 0. The third kappa shape index (κ3) is 4.36. The molecule has 3 aliphatic rings. The molecule has 3 aliphatic heterocycles. The van der Waals surface area contributed by atoms with Crippen molar-refractivity contribution in [2.45, 2.75) is 44.2 Å². The van der Waals surface area contributed by atoms with Crippen molar-refractivity contribution in [2.75, 3.05) is 31.1 Å². The molecule has 6 atom stereocenters. The zero-order chi connectivity index (χ0) is 31.2. The third-order valence-corrected chi connectivity index (χ3v) is 9.69. The first-order valence-electron chi connectivity index (χ1n) is 15.0. The molecule has 4 heterocycles. The van der Waals surface area contributed by atoms with Crippen molar-refractivity contribution in [1.82, 2.24) is 24.8 Å². The molecule has 0 saturated carbocycles. The van der Waals surface area contributed by atoms with Crippen LogP contribution in [0.15, 0.2) is 79.9 Å². The van der Waals surface area contributed by atoms with E-state index in [9.17, 15) is 19.5 Å². The number of carbonyl (C=O) groups excluding carboxylic acids is 3. The maximum atomic E-state index is 14.7. The molecule has 0 aliphatic carbocycles. The minimum absolute atomic E-state index is 0.0634. The van der Waals surface area contributed by atoms with E-state index in [1.165, 1.54) is 4.90 Å². The number of β-amino-alcohol motifs (C(OH)–C–C–N with tert-alkyl or cyclic N) is 1. The summed E-state index contributed by atoms with van der Waals surface area (Å²) in [7, 11) is 0. The normalized spacial score (nSPS) is 28.7. The Hall–Kier alpha value is -4.35. The van der Waals surface area contributed by atoms with E-state index in [0.29, 0.717) is 17.6 Å². The predicted molar refractivity (Wildman–Crippen MR) is 164 cm³/mol. The van der Waals surface area contributed by atoms with E-state index in [2.05, 4.69) is 23.5 Å². The fraction of sp³-hybridized carbons (Fsp3) is 0.424. The van der Waals surface area contributed by atoms with Crippen LogP contribution in [0.2, 0.25) is 0 Å². The highest BCUT2D eigenvalue weighted by molar-refractivity contribution is 6.03. The summed E-state index contributed by atoms with van der Waals surface area (Å²) in [6, 6.07) is 15.7. The van der Waals surface area contributed by atoms with Crippen molar-refractivity contribution in [3.05, 3.63) is 79.9 Å². The number of hydrogen-bond acceptors (Lipinski definition) is 7. The van der Waals surface area contributed by atoms with Crippen LogP contribution in [0.3, 0.4) is 0 Å². The number of carbonyl (C=O) groups is 3. The van der Waals surface area contributed by atoms with Crippen molar-refractivity contribution < 1.29 is 24.2 Å². The standard InChI is InChI=1S/C33H38N6O5/c1-5-16-36(21-39-25-15-11-10-14-24(25)34-35-39)31(43)28-33-20-22(3)32(4,44-33)26(27(33)30(42)38(28)18-19-40)29(41)37(17-6-2)23-12-8-7-9-13-23/h5-15,22,26-28,40H,1-2,16-21H2,3-4H3/t22?,26-,27+,28?,32+,33?/m1/s1. The minimum atomic E-state index is -1.25. The molecule has 3 fully saturated rings. The number of anilines is 1. The number of benzene rings is 2. The lowest BCUT2D eigenvalue weighted by atomic mass is 9.62. The Morgan fingerprint density at radius 1 is 1.09 bits per heavy atom. The highest BCUT2D eigenvalue weighted by atomic mass is 16.5. The third-order valence-electron chi connectivity index (χ3n) is 9.69. The average Bonchev–Trinajstić information content (AvgIpc) is 3.69. The smallest absolute Gasteiger partial charge is 0.250 e. The Bertz CT molecular complexity index is 1610. The second kappa shape index (κ2) is 11.3. The fourth-order valence-electron chi connectivity index (χ4n) is 7.70. The van der Waals surface area contributed by atoms with Gasteiger partial charge in [-0.25, -0.2) is 4.68 Å². The highest BCUT2D eigenvalue weighted by Crippen LogP contribution is 2.65. The number of nitrogens with zero attached hydrogens (tertiary/aromatic N) is 6. The van der Waals surface area contributed by atoms with Crippen LogP contribution in [0.1, 0.15) is 20.3 Å².